The fourth-order valence-electron chi connectivity index (χ4n) is 1.74. The van der Waals surface area contributed by atoms with Crippen LogP contribution in [0.5, 0.6) is 0 Å². The van der Waals surface area contributed by atoms with Crippen LogP contribution in [0.3, 0.4) is 0 Å². The number of aromatic nitrogens is 1. The first-order valence-electron chi connectivity index (χ1n) is 5.46. The minimum absolute atomic E-state index is 0.192. The fourth-order valence-corrected chi connectivity index (χ4v) is 3.00. The molecule has 2 heterocycles. The van der Waals surface area contributed by atoms with Gasteiger partial charge < -0.3 is 11.1 Å². The minimum atomic E-state index is -0.192. The van der Waals surface area contributed by atoms with E-state index in [1.165, 1.54) is 11.9 Å². The number of rotatable bonds is 2. The van der Waals surface area contributed by atoms with Crippen LogP contribution in [0.4, 0.5) is 5.69 Å². The lowest BCUT2D eigenvalue weighted by Gasteiger charge is -2.22. The Morgan fingerprint density at radius 3 is 3.18 bits per heavy atom. The maximum Gasteiger partial charge on any atom is 0.254 e. The summed E-state index contributed by atoms with van der Waals surface area (Å²) in [5.41, 5.74) is 6.38. The molecular weight excluding hydrogens is 258 g/mol. The number of pyridine rings is 1. The van der Waals surface area contributed by atoms with Gasteiger partial charge in [-0.1, -0.05) is 11.6 Å². The first-order valence-corrected chi connectivity index (χ1v) is 6.99. The number of nitrogen functional groups attached to an aromatic ring is 1. The van der Waals surface area contributed by atoms with Crippen molar-refractivity contribution in [3.05, 3.63) is 23.0 Å². The molecule has 4 nitrogen and oxygen atoms in total. The topological polar surface area (TPSA) is 68.0 Å². The molecule has 0 radical (unpaired) electrons. The second kappa shape index (κ2) is 5.60. The smallest absolute Gasteiger partial charge is 0.254 e. The third-order valence-electron chi connectivity index (χ3n) is 2.60. The maximum absolute atomic E-state index is 12.0. The standard InChI is InChI=1S/C11H14ClN3OS/c12-10-9(4-7(13)5-14-10)11(16)15-8-2-1-3-17-6-8/h4-5,8H,1-3,6,13H2,(H,15,16). The van der Waals surface area contributed by atoms with Gasteiger partial charge in [0.25, 0.3) is 5.91 Å². The fraction of sp³-hybridized carbons (Fsp3) is 0.455. The summed E-state index contributed by atoms with van der Waals surface area (Å²) in [6, 6.07) is 1.78. The summed E-state index contributed by atoms with van der Waals surface area (Å²) < 4.78 is 0. The number of nitrogens with zero attached hydrogens (tertiary/aromatic N) is 1. The summed E-state index contributed by atoms with van der Waals surface area (Å²) in [6.45, 7) is 0. The van der Waals surface area contributed by atoms with Gasteiger partial charge >= 0.3 is 0 Å². The molecule has 1 aromatic heterocycles. The average Bonchev–Trinajstić information content (AvgIpc) is 2.33. The highest BCUT2D eigenvalue weighted by Crippen LogP contribution is 2.19. The van der Waals surface area contributed by atoms with E-state index in [-0.39, 0.29) is 17.1 Å². The predicted octanol–water partition coefficient (Wildman–Crippen LogP) is 1.94. The predicted molar refractivity (Wildman–Crippen MR) is 71.5 cm³/mol. The van der Waals surface area contributed by atoms with Gasteiger partial charge in [-0.25, -0.2) is 4.98 Å². The van der Waals surface area contributed by atoms with Crippen molar-refractivity contribution in [1.82, 2.24) is 10.3 Å². The van der Waals surface area contributed by atoms with E-state index in [1.54, 1.807) is 6.07 Å². The van der Waals surface area contributed by atoms with E-state index in [0.717, 1.165) is 18.6 Å². The van der Waals surface area contributed by atoms with Crippen LogP contribution in [0.25, 0.3) is 0 Å². The summed E-state index contributed by atoms with van der Waals surface area (Å²) in [5.74, 6) is 1.94. The number of nitrogens with two attached hydrogens (primary N) is 1. The van der Waals surface area contributed by atoms with Crippen LogP contribution in [0.15, 0.2) is 12.3 Å². The summed E-state index contributed by atoms with van der Waals surface area (Å²) in [7, 11) is 0. The largest absolute Gasteiger partial charge is 0.397 e. The molecule has 2 rings (SSSR count). The lowest BCUT2D eigenvalue weighted by Crippen LogP contribution is -2.38. The third kappa shape index (κ3) is 3.26. The zero-order valence-corrected chi connectivity index (χ0v) is 10.9. The Bertz CT molecular complexity index is 421. The van der Waals surface area contributed by atoms with E-state index in [4.69, 9.17) is 17.3 Å². The van der Waals surface area contributed by atoms with Crippen molar-refractivity contribution in [3.8, 4) is 0 Å². The third-order valence-corrected chi connectivity index (χ3v) is 4.12. The number of carbonyl (C=O) groups is 1. The molecule has 0 spiro atoms. The molecule has 1 amide bonds. The Labute approximate surface area is 109 Å². The van der Waals surface area contributed by atoms with E-state index in [9.17, 15) is 4.79 Å². The van der Waals surface area contributed by atoms with E-state index in [1.807, 2.05) is 11.8 Å². The van der Waals surface area contributed by atoms with E-state index < -0.39 is 0 Å². The Morgan fingerprint density at radius 2 is 2.47 bits per heavy atom. The Hall–Kier alpha value is -0.940. The SMILES string of the molecule is Nc1cnc(Cl)c(C(=O)NC2CCCSC2)c1. The second-order valence-electron chi connectivity index (χ2n) is 3.99. The molecule has 0 aromatic carbocycles. The number of anilines is 1. The number of carbonyl (C=O) groups excluding carboxylic acids is 1. The lowest BCUT2D eigenvalue weighted by atomic mass is 10.1. The molecule has 1 aliphatic heterocycles. The van der Waals surface area contributed by atoms with E-state index in [2.05, 4.69) is 10.3 Å². The van der Waals surface area contributed by atoms with Gasteiger partial charge in [-0.05, 0) is 24.7 Å². The van der Waals surface area contributed by atoms with Gasteiger partial charge in [0.2, 0.25) is 0 Å². The molecule has 1 aliphatic rings. The molecular formula is C11H14ClN3OS. The molecule has 17 heavy (non-hydrogen) atoms. The first-order chi connectivity index (χ1) is 8.16. The number of nitrogens with one attached hydrogen (secondary N) is 1. The number of amides is 1. The average molecular weight is 272 g/mol. The zero-order valence-electron chi connectivity index (χ0n) is 9.28. The van der Waals surface area contributed by atoms with Gasteiger partial charge in [0.15, 0.2) is 0 Å². The van der Waals surface area contributed by atoms with Crippen LogP contribution in [0.2, 0.25) is 5.15 Å². The van der Waals surface area contributed by atoms with Gasteiger partial charge in [-0.3, -0.25) is 4.79 Å². The van der Waals surface area contributed by atoms with Gasteiger partial charge in [0.1, 0.15) is 5.15 Å². The van der Waals surface area contributed by atoms with Crippen molar-refractivity contribution < 1.29 is 4.79 Å². The van der Waals surface area contributed by atoms with Crippen molar-refractivity contribution in [3.63, 3.8) is 0 Å². The molecule has 0 saturated carbocycles. The minimum Gasteiger partial charge on any atom is -0.397 e. The Kier molecular flexibility index (Phi) is 4.12. The monoisotopic (exact) mass is 271 g/mol. The maximum atomic E-state index is 12.0. The Morgan fingerprint density at radius 1 is 1.65 bits per heavy atom. The molecule has 1 atom stereocenters. The van der Waals surface area contributed by atoms with E-state index >= 15 is 0 Å². The van der Waals surface area contributed by atoms with E-state index in [0.29, 0.717) is 11.3 Å². The quantitative estimate of drug-likeness (QED) is 0.807. The number of hydrogen-bond donors (Lipinski definition) is 2. The summed E-state index contributed by atoms with van der Waals surface area (Å²) >= 11 is 7.74. The van der Waals surface area contributed by atoms with Crippen molar-refractivity contribution in [1.29, 1.82) is 0 Å². The summed E-state index contributed by atoms with van der Waals surface area (Å²) in [4.78, 5) is 15.9. The Balaban J connectivity index is 2.05. The molecule has 1 unspecified atom stereocenters. The lowest BCUT2D eigenvalue weighted by molar-refractivity contribution is 0.0938. The van der Waals surface area contributed by atoms with Crippen molar-refractivity contribution in [2.24, 2.45) is 0 Å². The number of halogens is 1. The van der Waals surface area contributed by atoms with Crippen LogP contribution < -0.4 is 11.1 Å². The number of hydrogen-bond acceptors (Lipinski definition) is 4. The van der Waals surface area contributed by atoms with Crippen LogP contribution in [-0.4, -0.2) is 28.4 Å². The van der Waals surface area contributed by atoms with Crippen molar-refractivity contribution in [2.75, 3.05) is 17.2 Å². The highest BCUT2D eigenvalue weighted by Gasteiger charge is 2.19. The van der Waals surface area contributed by atoms with Gasteiger partial charge in [0, 0.05) is 11.8 Å². The van der Waals surface area contributed by atoms with Crippen molar-refractivity contribution in [2.45, 2.75) is 18.9 Å². The van der Waals surface area contributed by atoms with Crippen molar-refractivity contribution >= 4 is 35.0 Å². The molecule has 1 saturated heterocycles. The van der Waals surface area contributed by atoms with Crippen LogP contribution in [0, 0.1) is 0 Å². The molecule has 3 N–H and O–H groups in total. The summed E-state index contributed by atoms with van der Waals surface area (Å²) in [5, 5.41) is 3.16. The van der Waals surface area contributed by atoms with Gasteiger partial charge in [-0.2, -0.15) is 11.8 Å². The van der Waals surface area contributed by atoms with Gasteiger partial charge in [0.05, 0.1) is 17.4 Å². The highest BCUT2D eigenvalue weighted by molar-refractivity contribution is 7.99. The molecule has 1 aromatic rings. The van der Waals surface area contributed by atoms with Gasteiger partial charge in [-0.15, -0.1) is 0 Å². The highest BCUT2D eigenvalue weighted by atomic mass is 35.5. The zero-order chi connectivity index (χ0) is 12.3. The number of thioether (sulfide) groups is 1. The second-order valence-corrected chi connectivity index (χ2v) is 5.50. The molecule has 92 valence electrons. The normalized spacial score (nSPS) is 19.9. The first kappa shape index (κ1) is 12.5. The summed E-state index contributed by atoms with van der Waals surface area (Å²) in [6.07, 6.45) is 3.60. The molecule has 1 fully saturated rings. The van der Waals surface area contributed by atoms with Crippen LogP contribution in [0.1, 0.15) is 23.2 Å². The molecule has 0 bridgehead atoms. The molecule has 0 aliphatic carbocycles. The molecule has 6 heteroatoms. The van der Waals surface area contributed by atoms with Crippen LogP contribution >= 0.6 is 23.4 Å². The van der Waals surface area contributed by atoms with Crippen LogP contribution in [-0.2, 0) is 0 Å².